The average molecular weight is 375 g/mol. The summed E-state index contributed by atoms with van der Waals surface area (Å²) in [4.78, 5) is 20.3. The lowest BCUT2D eigenvalue weighted by atomic mass is 9.87. The molecule has 4 N–H and O–H groups in total. The summed E-state index contributed by atoms with van der Waals surface area (Å²) in [6, 6.07) is 17.0. The minimum Gasteiger partial charge on any atom is -0.384 e. The molecular formula is C22H25N5O. The lowest BCUT2D eigenvalue weighted by Crippen LogP contribution is -2.19. The molecule has 0 aliphatic rings. The number of hydrogen-bond donors (Lipinski definition) is 3. The number of carbonyl (C=O) groups is 1. The summed E-state index contributed by atoms with van der Waals surface area (Å²) in [5.41, 5.74) is 10.4. The van der Waals surface area contributed by atoms with Gasteiger partial charge in [-0.05, 0) is 40.8 Å². The predicted octanol–water partition coefficient (Wildman–Crippen LogP) is 4.59. The minimum atomic E-state index is -0.278. The van der Waals surface area contributed by atoms with Gasteiger partial charge in [-0.1, -0.05) is 45.0 Å². The Bertz CT molecular complexity index is 944. The first-order valence-corrected chi connectivity index (χ1v) is 9.13. The van der Waals surface area contributed by atoms with Crippen LogP contribution in [0.15, 0.2) is 60.9 Å². The predicted molar refractivity (Wildman–Crippen MR) is 113 cm³/mol. The number of aromatic nitrogens is 2. The number of amides is 2. The van der Waals surface area contributed by atoms with Gasteiger partial charge in [0.25, 0.3) is 0 Å². The van der Waals surface area contributed by atoms with Crippen LogP contribution in [0.1, 0.15) is 37.6 Å². The maximum atomic E-state index is 12.2. The summed E-state index contributed by atoms with van der Waals surface area (Å²) in [5, 5.41) is 5.69. The normalized spacial score (nSPS) is 11.1. The Hall–Kier alpha value is -3.41. The number of rotatable bonds is 4. The highest BCUT2D eigenvalue weighted by Crippen LogP contribution is 2.23. The van der Waals surface area contributed by atoms with E-state index in [1.807, 2.05) is 48.5 Å². The zero-order valence-corrected chi connectivity index (χ0v) is 16.4. The van der Waals surface area contributed by atoms with Crippen LogP contribution in [0.25, 0.3) is 0 Å². The highest BCUT2D eigenvalue weighted by molar-refractivity contribution is 5.99. The molecule has 28 heavy (non-hydrogen) atoms. The van der Waals surface area contributed by atoms with Gasteiger partial charge in [-0.2, -0.15) is 0 Å². The third kappa shape index (κ3) is 5.30. The van der Waals surface area contributed by atoms with Gasteiger partial charge in [0, 0.05) is 23.9 Å². The lowest BCUT2D eigenvalue weighted by molar-refractivity contribution is 0.262. The second-order valence-corrected chi connectivity index (χ2v) is 7.71. The van der Waals surface area contributed by atoms with Crippen LogP contribution in [0, 0.1) is 0 Å². The Balaban J connectivity index is 1.57. The third-order valence-electron chi connectivity index (χ3n) is 4.35. The fourth-order valence-electron chi connectivity index (χ4n) is 2.77. The quantitative estimate of drug-likeness (QED) is 0.622. The van der Waals surface area contributed by atoms with Crippen molar-refractivity contribution in [3.8, 4) is 0 Å². The highest BCUT2D eigenvalue weighted by atomic mass is 16.2. The van der Waals surface area contributed by atoms with E-state index in [9.17, 15) is 4.79 Å². The maximum absolute atomic E-state index is 12.2. The first-order valence-electron chi connectivity index (χ1n) is 9.13. The molecule has 0 unspecified atom stereocenters. The highest BCUT2D eigenvalue weighted by Gasteiger charge is 2.13. The number of hydrogen-bond acceptors (Lipinski definition) is 4. The summed E-state index contributed by atoms with van der Waals surface area (Å²) >= 11 is 0. The zero-order valence-electron chi connectivity index (χ0n) is 16.4. The van der Waals surface area contributed by atoms with Crippen LogP contribution in [-0.4, -0.2) is 16.0 Å². The molecule has 0 radical (unpaired) electrons. The second kappa shape index (κ2) is 8.08. The number of nitrogens with two attached hydrogens (primary N) is 1. The Morgan fingerprint density at radius 2 is 1.50 bits per heavy atom. The molecule has 6 heteroatoms. The number of urea groups is 1. The fourth-order valence-corrected chi connectivity index (χ4v) is 2.77. The molecular weight excluding hydrogens is 350 g/mol. The molecule has 1 aromatic heterocycles. The van der Waals surface area contributed by atoms with Crippen LogP contribution >= 0.6 is 0 Å². The standard InChI is InChI=1S/C22H25N5O/c1-22(2,3)16-6-10-18(11-7-16)27-21(28)26-17-8-4-15(5-9-17)12-19-13-20(23)25-14-24-19/h4-11,13-14H,12H2,1-3H3,(H2,23,24,25)(H2,26,27,28). The molecule has 0 fully saturated rings. The van der Waals surface area contributed by atoms with E-state index in [1.165, 1.54) is 11.9 Å². The summed E-state index contributed by atoms with van der Waals surface area (Å²) in [5.74, 6) is 0.454. The number of anilines is 3. The smallest absolute Gasteiger partial charge is 0.323 e. The van der Waals surface area contributed by atoms with E-state index in [-0.39, 0.29) is 11.4 Å². The maximum Gasteiger partial charge on any atom is 0.323 e. The Morgan fingerprint density at radius 1 is 0.929 bits per heavy atom. The molecule has 1 heterocycles. The van der Waals surface area contributed by atoms with E-state index in [0.29, 0.717) is 12.2 Å². The van der Waals surface area contributed by atoms with E-state index in [2.05, 4.69) is 41.4 Å². The van der Waals surface area contributed by atoms with Crippen LogP contribution in [0.3, 0.4) is 0 Å². The second-order valence-electron chi connectivity index (χ2n) is 7.71. The molecule has 0 aliphatic heterocycles. The van der Waals surface area contributed by atoms with E-state index >= 15 is 0 Å². The van der Waals surface area contributed by atoms with Gasteiger partial charge in [0.1, 0.15) is 12.1 Å². The number of nitrogens with one attached hydrogen (secondary N) is 2. The average Bonchev–Trinajstić information content (AvgIpc) is 2.63. The molecule has 2 amide bonds. The van der Waals surface area contributed by atoms with E-state index in [0.717, 1.165) is 22.6 Å². The molecule has 6 nitrogen and oxygen atoms in total. The van der Waals surface area contributed by atoms with Crippen molar-refractivity contribution in [2.24, 2.45) is 0 Å². The van der Waals surface area contributed by atoms with Crippen LogP contribution in [-0.2, 0) is 11.8 Å². The Labute approximate surface area is 165 Å². The summed E-state index contributed by atoms with van der Waals surface area (Å²) in [6.07, 6.45) is 2.11. The van der Waals surface area contributed by atoms with E-state index in [1.54, 1.807) is 6.07 Å². The van der Waals surface area contributed by atoms with Gasteiger partial charge >= 0.3 is 6.03 Å². The largest absolute Gasteiger partial charge is 0.384 e. The fraction of sp³-hybridized carbons (Fsp3) is 0.227. The summed E-state index contributed by atoms with van der Waals surface area (Å²) in [7, 11) is 0. The summed E-state index contributed by atoms with van der Waals surface area (Å²) in [6.45, 7) is 6.47. The molecule has 144 valence electrons. The topological polar surface area (TPSA) is 92.9 Å². The van der Waals surface area contributed by atoms with Gasteiger partial charge in [-0.15, -0.1) is 0 Å². The number of nitrogens with zero attached hydrogens (tertiary/aromatic N) is 2. The SMILES string of the molecule is CC(C)(C)c1ccc(NC(=O)Nc2ccc(Cc3cc(N)ncn3)cc2)cc1. The Morgan fingerprint density at radius 3 is 2.04 bits per heavy atom. The van der Waals surface area contributed by atoms with E-state index < -0.39 is 0 Å². The molecule has 3 aromatic rings. The molecule has 2 aromatic carbocycles. The van der Waals surface area contributed by atoms with Gasteiger partial charge in [0.2, 0.25) is 0 Å². The van der Waals surface area contributed by atoms with Gasteiger partial charge < -0.3 is 16.4 Å². The van der Waals surface area contributed by atoms with Gasteiger partial charge in [0.15, 0.2) is 0 Å². The van der Waals surface area contributed by atoms with Crippen molar-refractivity contribution >= 4 is 23.2 Å². The van der Waals surface area contributed by atoms with E-state index in [4.69, 9.17) is 5.73 Å². The lowest BCUT2D eigenvalue weighted by Gasteiger charge is -2.19. The number of benzene rings is 2. The molecule has 0 spiro atoms. The molecule has 0 saturated carbocycles. The van der Waals surface area contributed by atoms with Crippen LogP contribution in [0.4, 0.5) is 22.0 Å². The van der Waals surface area contributed by atoms with Gasteiger partial charge in [-0.3, -0.25) is 0 Å². The zero-order chi connectivity index (χ0) is 20.1. The molecule has 0 bridgehead atoms. The third-order valence-corrected chi connectivity index (χ3v) is 4.35. The first kappa shape index (κ1) is 19.4. The molecule has 0 aliphatic carbocycles. The van der Waals surface area contributed by atoms with Crippen molar-refractivity contribution in [3.63, 3.8) is 0 Å². The van der Waals surface area contributed by atoms with Crippen molar-refractivity contribution in [1.29, 1.82) is 0 Å². The van der Waals surface area contributed by atoms with Crippen molar-refractivity contribution in [1.82, 2.24) is 9.97 Å². The van der Waals surface area contributed by atoms with Gasteiger partial charge in [0.05, 0.1) is 5.69 Å². The monoisotopic (exact) mass is 375 g/mol. The van der Waals surface area contributed by atoms with Crippen molar-refractivity contribution in [2.45, 2.75) is 32.6 Å². The van der Waals surface area contributed by atoms with Gasteiger partial charge in [-0.25, -0.2) is 14.8 Å². The van der Waals surface area contributed by atoms with Crippen LogP contribution in [0.2, 0.25) is 0 Å². The van der Waals surface area contributed by atoms with Crippen molar-refractivity contribution < 1.29 is 4.79 Å². The Kier molecular flexibility index (Phi) is 5.59. The van der Waals surface area contributed by atoms with Crippen molar-refractivity contribution in [3.05, 3.63) is 77.7 Å². The number of carbonyl (C=O) groups excluding carboxylic acids is 1. The molecule has 3 rings (SSSR count). The first-order chi connectivity index (χ1) is 13.3. The molecule has 0 saturated heterocycles. The molecule has 0 atom stereocenters. The number of nitrogen functional groups attached to an aromatic ring is 1. The van der Waals surface area contributed by atoms with Crippen molar-refractivity contribution in [2.75, 3.05) is 16.4 Å². The van der Waals surface area contributed by atoms with Crippen LogP contribution < -0.4 is 16.4 Å². The minimum absolute atomic E-state index is 0.0834. The summed E-state index contributed by atoms with van der Waals surface area (Å²) < 4.78 is 0. The van der Waals surface area contributed by atoms with Crippen LogP contribution in [0.5, 0.6) is 0 Å².